The predicted octanol–water partition coefficient (Wildman–Crippen LogP) is 3.46. The molecule has 27 heavy (non-hydrogen) atoms. The molecule has 1 aromatic heterocycles. The van der Waals surface area contributed by atoms with E-state index >= 15 is 0 Å². The van der Waals surface area contributed by atoms with Crippen LogP contribution < -0.4 is 10.0 Å². The Hall–Kier alpha value is -2.78. The Morgan fingerprint density at radius 1 is 1.07 bits per heavy atom. The maximum Gasteiger partial charge on any atom is 0.291 e. The average Bonchev–Trinajstić information content (AvgIpc) is 3.12. The first-order chi connectivity index (χ1) is 12.9. The molecule has 1 amide bonds. The molecule has 0 aliphatic carbocycles. The molecule has 9 heteroatoms. The second-order valence-corrected chi connectivity index (χ2v) is 8.63. The zero-order chi connectivity index (χ0) is 19.4. The van der Waals surface area contributed by atoms with Crippen molar-refractivity contribution in [3.05, 3.63) is 65.2 Å². The first-order valence-electron chi connectivity index (χ1n) is 8.21. The fourth-order valence-corrected chi connectivity index (χ4v) is 4.32. The summed E-state index contributed by atoms with van der Waals surface area (Å²) in [7, 11) is -3.88. The molecule has 3 aromatic rings. The highest BCUT2D eigenvalue weighted by atomic mass is 32.2. The summed E-state index contributed by atoms with van der Waals surface area (Å²) in [6.07, 6.45) is 0.868. The number of nitrogens with one attached hydrogen (secondary N) is 2. The number of rotatable bonds is 6. The monoisotopic (exact) mass is 402 g/mol. The molecular weight excluding hydrogens is 384 g/mol. The molecule has 1 heterocycles. The summed E-state index contributed by atoms with van der Waals surface area (Å²) in [6.45, 7) is 3.84. The van der Waals surface area contributed by atoms with Gasteiger partial charge in [0.2, 0.25) is 5.13 Å². The van der Waals surface area contributed by atoms with E-state index in [-0.39, 0.29) is 15.4 Å². The number of sulfonamides is 1. The topological polar surface area (TPSA) is 101 Å². The number of hydrogen-bond donors (Lipinski definition) is 2. The van der Waals surface area contributed by atoms with Crippen LogP contribution in [-0.2, 0) is 16.4 Å². The van der Waals surface area contributed by atoms with Crippen LogP contribution in [0.25, 0.3) is 0 Å². The third-order valence-electron chi connectivity index (χ3n) is 3.86. The van der Waals surface area contributed by atoms with E-state index in [9.17, 15) is 13.2 Å². The summed E-state index contributed by atoms with van der Waals surface area (Å²) in [5, 5.41) is 10.2. The van der Waals surface area contributed by atoms with Gasteiger partial charge in [-0.05, 0) is 42.7 Å². The van der Waals surface area contributed by atoms with Crippen LogP contribution in [0.5, 0.6) is 0 Å². The zero-order valence-electron chi connectivity index (χ0n) is 14.8. The second-order valence-electron chi connectivity index (χ2n) is 5.80. The molecular formula is C18H18N4O3S2. The third kappa shape index (κ3) is 4.50. The van der Waals surface area contributed by atoms with Crippen LogP contribution in [0.4, 0.5) is 10.8 Å². The number of carbonyl (C=O) groups excluding carboxylic acids is 1. The quantitative estimate of drug-likeness (QED) is 0.615. The van der Waals surface area contributed by atoms with Crippen molar-refractivity contribution < 1.29 is 13.2 Å². The summed E-state index contributed by atoms with van der Waals surface area (Å²) < 4.78 is 27.2. The first kappa shape index (κ1) is 19.0. The van der Waals surface area contributed by atoms with Crippen molar-refractivity contribution in [1.29, 1.82) is 0 Å². The molecule has 0 spiro atoms. The minimum atomic E-state index is -3.88. The van der Waals surface area contributed by atoms with E-state index in [2.05, 4.69) is 20.2 Å². The molecule has 140 valence electrons. The number of nitrogens with zero attached hydrogens (tertiary/aromatic N) is 2. The van der Waals surface area contributed by atoms with Gasteiger partial charge in [-0.1, -0.05) is 48.6 Å². The predicted molar refractivity (Wildman–Crippen MR) is 106 cm³/mol. The van der Waals surface area contributed by atoms with Crippen LogP contribution in [0, 0.1) is 6.92 Å². The van der Waals surface area contributed by atoms with Gasteiger partial charge in [-0.2, -0.15) is 8.42 Å². The number of amides is 1. The molecule has 0 atom stereocenters. The largest absolute Gasteiger partial charge is 0.296 e. The minimum Gasteiger partial charge on any atom is -0.296 e. The smallest absolute Gasteiger partial charge is 0.291 e. The van der Waals surface area contributed by atoms with Gasteiger partial charge in [0.05, 0.1) is 0 Å². The summed E-state index contributed by atoms with van der Waals surface area (Å²) >= 11 is 0.791. The SMILES string of the molecule is CCc1ccc(NS(=O)(=O)c2nnc(NC(=O)c3ccccc3C)s2)cc1. The third-order valence-corrected chi connectivity index (χ3v) is 6.45. The van der Waals surface area contributed by atoms with Crippen LogP contribution >= 0.6 is 11.3 Å². The molecule has 3 rings (SSSR count). The van der Waals surface area contributed by atoms with E-state index in [0.717, 1.165) is 28.9 Å². The van der Waals surface area contributed by atoms with Gasteiger partial charge in [0.15, 0.2) is 0 Å². The van der Waals surface area contributed by atoms with Gasteiger partial charge in [0.25, 0.3) is 20.3 Å². The molecule has 0 saturated heterocycles. The van der Waals surface area contributed by atoms with Crippen molar-refractivity contribution >= 4 is 38.1 Å². The summed E-state index contributed by atoms with van der Waals surface area (Å²) in [4.78, 5) is 12.3. The Balaban J connectivity index is 1.74. The molecule has 7 nitrogen and oxygen atoms in total. The highest BCUT2D eigenvalue weighted by Gasteiger charge is 2.21. The van der Waals surface area contributed by atoms with Gasteiger partial charge >= 0.3 is 0 Å². The Morgan fingerprint density at radius 3 is 2.44 bits per heavy atom. The lowest BCUT2D eigenvalue weighted by Crippen LogP contribution is -2.13. The fourth-order valence-electron chi connectivity index (χ4n) is 2.37. The van der Waals surface area contributed by atoms with E-state index in [1.54, 1.807) is 24.3 Å². The van der Waals surface area contributed by atoms with Crippen LogP contribution in [0.2, 0.25) is 0 Å². The number of benzene rings is 2. The van der Waals surface area contributed by atoms with Crippen LogP contribution in [-0.4, -0.2) is 24.5 Å². The average molecular weight is 403 g/mol. The molecule has 0 radical (unpaired) electrons. The van der Waals surface area contributed by atoms with Crippen molar-refractivity contribution in [1.82, 2.24) is 10.2 Å². The van der Waals surface area contributed by atoms with E-state index in [4.69, 9.17) is 0 Å². The van der Waals surface area contributed by atoms with Gasteiger partial charge < -0.3 is 0 Å². The summed E-state index contributed by atoms with van der Waals surface area (Å²) in [6, 6.07) is 14.2. The van der Waals surface area contributed by atoms with Crippen molar-refractivity contribution in [3.63, 3.8) is 0 Å². The maximum absolute atomic E-state index is 12.5. The standard InChI is InChI=1S/C18H18N4O3S2/c1-3-13-8-10-14(11-9-13)22-27(24,25)18-21-20-17(26-18)19-16(23)15-7-5-4-6-12(15)2/h4-11,22H,3H2,1-2H3,(H,19,20,23). The molecule has 0 aliphatic heterocycles. The second kappa shape index (κ2) is 7.85. The van der Waals surface area contributed by atoms with Crippen LogP contribution in [0.15, 0.2) is 52.9 Å². The summed E-state index contributed by atoms with van der Waals surface area (Å²) in [5.41, 5.74) is 2.85. The molecule has 0 bridgehead atoms. The highest BCUT2D eigenvalue weighted by molar-refractivity contribution is 7.94. The Morgan fingerprint density at radius 2 is 1.78 bits per heavy atom. The van der Waals surface area contributed by atoms with Gasteiger partial charge in [-0.3, -0.25) is 14.8 Å². The van der Waals surface area contributed by atoms with E-state index in [0.29, 0.717) is 11.3 Å². The number of aryl methyl sites for hydroxylation is 2. The molecule has 0 saturated carbocycles. The Bertz CT molecular complexity index is 1060. The van der Waals surface area contributed by atoms with Crippen molar-refractivity contribution in [2.75, 3.05) is 10.0 Å². The zero-order valence-corrected chi connectivity index (χ0v) is 16.4. The summed E-state index contributed by atoms with van der Waals surface area (Å²) in [5.74, 6) is -0.365. The van der Waals surface area contributed by atoms with Crippen molar-refractivity contribution in [2.24, 2.45) is 0 Å². The fraction of sp³-hybridized carbons (Fsp3) is 0.167. The van der Waals surface area contributed by atoms with Crippen molar-refractivity contribution in [2.45, 2.75) is 24.6 Å². The van der Waals surface area contributed by atoms with Crippen molar-refractivity contribution in [3.8, 4) is 0 Å². The molecule has 0 fully saturated rings. The highest BCUT2D eigenvalue weighted by Crippen LogP contribution is 2.23. The molecule has 2 aromatic carbocycles. The van der Waals surface area contributed by atoms with Gasteiger partial charge in [0.1, 0.15) is 0 Å². The maximum atomic E-state index is 12.5. The minimum absolute atomic E-state index is 0.116. The number of hydrogen-bond acceptors (Lipinski definition) is 6. The van der Waals surface area contributed by atoms with E-state index in [1.807, 2.05) is 38.1 Å². The lowest BCUT2D eigenvalue weighted by atomic mass is 10.1. The lowest BCUT2D eigenvalue weighted by Gasteiger charge is -2.05. The van der Waals surface area contributed by atoms with Crippen LogP contribution in [0.1, 0.15) is 28.4 Å². The van der Waals surface area contributed by atoms with Gasteiger partial charge in [0, 0.05) is 11.3 Å². The Labute approximate surface area is 161 Å². The number of aromatic nitrogens is 2. The molecule has 2 N–H and O–H groups in total. The van der Waals surface area contributed by atoms with E-state index < -0.39 is 10.0 Å². The Kier molecular flexibility index (Phi) is 5.52. The first-order valence-corrected chi connectivity index (χ1v) is 10.5. The number of anilines is 2. The molecule has 0 unspecified atom stereocenters. The normalized spacial score (nSPS) is 11.2. The van der Waals surface area contributed by atoms with Gasteiger partial charge in [-0.15, -0.1) is 10.2 Å². The van der Waals surface area contributed by atoms with Crippen LogP contribution in [0.3, 0.4) is 0 Å². The molecule has 0 aliphatic rings. The van der Waals surface area contributed by atoms with E-state index in [1.165, 1.54) is 0 Å². The number of carbonyl (C=O) groups is 1. The lowest BCUT2D eigenvalue weighted by molar-refractivity contribution is 0.102. The van der Waals surface area contributed by atoms with Gasteiger partial charge in [-0.25, -0.2) is 0 Å².